The molecule has 2 aromatic heterocycles. The topological polar surface area (TPSA) is 139 Å². The molecule has 2 N–H and O–H groups in total. The maximum atomic E-state index is 11.0. The van der Waals surface area contributed by atoms with Gasteiger partial charge in [-0.25, -0.2) is 0 Å². The third kappa shape index (κ3) is 12.5. The van der Waals surface area contributed by atoms with Gasteiger partial charge in [-0.3, -0.25) is 0 Å². The number of benzene rings is 4. The minimum atomic E-state index is -2.26. The van der Waals surface area contributed by atoms with Crippen LogP contribution in [0.3, 0.4) is 0 Å². The van der Waals surface area contributed by atoms with Gasteiger partial charge in [0.25, 0.3) is 0 Å². The molecule has 16 heteroatoms. The molecule has 0 amide bonds. The minimum Gasteiger partial charge on any atom is -0.505 e. The number of phenolic OH excluding ortho intramolecular Hbond substituents is 2. The van der Waals surface area contributed by atoms with Crippen molar-refractivity contribution in [2.75, 3.05) is 14.2 Å². The molecule has 12 nitrogen and oxygen atoms in total. The Morgan fingerprint density at radius 3 is 1.10 bits per heavy atom. The van der Waals surface area contributed by atoms with Crippen LogP contribution in [0.4, 0.5) is 0 Å². The molecule has 0 fully saturated rings. The van der Waals surface area contributed by atoms with Gasteiger partial charge >= 0.3 is 17.1 Å². The molecule has 2 heterocycles. The molecule has 4 atom stereocenters. The van der Waals surface area contributed by atoms with E-state index in [2.05, 4.69) is 86.6 Å². The van der Waals surface area contributed by atoms with Crippen LogP contribution in [-0.4, -0.2) is 88.2 Å². The normalized spacial score (nSPS) is 15.3. The Labute approximate surface area is 360 Å². The van der Waals surface area contributed by atoms with Crippen molar-refractivity contribution >= 4 is 55.8 Å². The van der Waals surface area contributed by atoms with Crippen molar-refractivity contribution in [1.82, 2.24) is 30.0 Å². The van der Waals surface area contributed by atoms with Crippen LogP contribution in [0.25, 0.3) is 33.4 Å². The number of aryl methyl sites for hydroxylation is 2. The summed E-state index contributed by atoms with van der Waals surface area (Å²) in [7, 11) is -4.38. The van der Waals surface area contributed by atoms with E-state index in [9.17, 15) is 10.2 Å². The summed E-state index contributed by atoms with van der Waals surface area (Å²) in [6.45, 7) is 25.9. The second-order valence-corrected chi connectivity index (χ2v) is 34.9. The molecule has 6 aromatic rings. The van der Waals surface area contributed by atoms with Crippen molar-refractivity contribution in [1.29, 1.82) is 0 Å². The standard InChI is InChI=1S/2C22H33N3O3Si2/c2*1-16-12-18(13-17(2)15-30(7,27-3)28-29(4,5)6)22(26)21(14-16)25-23-19-10-8-9-11-20(19)24-25/h2*8-12,14,17,26H,13,15H2,1-7H3. The number of rotatable bonds is 16. The number of hydrogen-bond donors (Lipinski definition) is 2. The second-order valence-electron chi connectivity index (χ2n) is 18.7. The first-order chi connectivity index (χ1) is 28.0. The van der Waals surface area contributed by atoms with Gasteiger partial charge in [-0.1, -0.05) is 50.2 Å². The molecular weight excluding hydrogens is 821 g/mol. The van der Waals surface area contributed by atoms with Gasteiger partial charge in [-0.05, 0) is 162 Å². The van der Waals surface area contributed by atoms with E-state index in [4.69, 9.17) is 17.1 Å². The van der Waals surface area contributed by atoms with Crippen LogP contribution in [-0.2, 0) is 29.9 Å². The molecule has 0 aliphatic carbocycles. The maximum Gasteiger partial charge on any atom is 0.324 e. The Hall–Kier alpha value is -4.01. The zero-order valence-electron chi connectivity index (χ0n) is 38.1. The predicted octanol–water partition coefficient (Wildman–Crippen LogP) is 10.4. The zero-order valence-corrected chi connectivity index (χ0v) is 42.1. The van der Waals surface area contributed by atoms with Crippen LogP contribution in [0, 0.1) is 25.7 Å². The lowest BCUT2D eigenvalue weighted by molar-refractivity contribution is 0.293. The van der Waals surface area contributed by atoms with Crippen molar-refractivity contribution in [3.8, 4) is 22.9 Å². The molecule has 324 valence electrons. The number of hydrogen-bond acceptors (Lipinski definition) is 10. The van der Waals surface area contributed by atoms with Gasteiger partial charge in [-0.15, -0.1) is 30.0 Å². The molecule has 0 aliphatic heterocycles. The van der Waals surface area contributed by atoms with E-state index in [1.807, 2.05) is 86.6 Å². The molecule has 60 heavy (non-hydrogen) atoms. The van der Waals surface area contributed by atoms with E-state index in [1.54, 1.807) is 14.2 Å². The number of nitrogens with zero attached hydrogens (tertiary/aromatic N) is 6. The number of phenols is 2. The summed E-state index contributed by atoms with van der Waals surface area (Å²) >= 11 is 0. The molecule has 0 saturated heterocycles. The van der Waals surface area contributed by atoms with Crippen molar-refractivity contribution < 1.29 is 27.3 Å². The summed E-state index contributed by atoms with van der Waals surface area (Å²) in [5.41, 5.74) is 8.37. The third-order valence-corrected chi connectivity index (χ3v) is 23.1. The lowest BCUT2D eigenvalue weighted by Crippen LogP contribution is -2.47. The average molecular weight is 887 g/mol. The fourth-order valence-electron chi connectivity index (χ4n) is 8.01. The number of aromatic nitrogens is 6. The molecule has 0 saturated carbocycles. The molecule has 4 aromatic carbocycles. The van der Waals surface area contributed by atoms with E-state index in [0.29, 0.717) is 23.2 Å². The van der Waals surface area contributed by atoms with Crippen LogP contribution in [0.1, 0.15) is 36.1 Å². The van der Waals surface area contributed by atoms with Gasteiger partial charge in [0.05, 0.1) is 0 Å². The van der Waals surface area contributed by atoms with E-state index in [0.717, 1.165) is 69.3 Å². The van der Waals surface area contributed by atoms with Gasteiger partial charge in [0, 0.05) is 14.2 Å². The van der Waals surface area contributed by atoms with Crippen LogP contribution in [0.5, 0.6) is 11.5 Å². The molecule has 6 rings (SSSR count). The summed E-state index contributed by atoms with van der Waals surface area (Å²) in [4.78, 5) is 3.06. The summed E-state index contributed by atoms with van der Waals surface area (Å²) < 4.78 is 24.6. The lowest BCUT2D eigenvalue weighted by atomic mass is 9.99. The molecular formula is C44H66N6O6Si4. The largest absolute Gasteiger partial charge is 0.505 e. The van der Waals surface area contributed by atoms with Gasteiger partial charge in [0.2, 0.25) is 0 Å². The quantitative estimate of drug-likeness (QED) is 0.0903. The van der Waals surface area contributed by atoms with Crippen LogP contribution in [0.15, 0.2) is 72.8 Å². The molecule has 0 aliphatic rings. The SMILES string of the molecule is CO[Si](C)(CC(C)Cc1cc(C)cc(-n2nc3ccccc3n2)c1O)O[Si](C)(C)C.CO[Si](C)(CC(C)Cc1cc(C)cc(-n2nc3ccccc3n2)c1O)O[Si](C)(C)C. The monoisotopic (exact) mass is 886 g/mol. The zero-order chi connectivity index (χ0) is 44.2. The van der Waals surface area contributed by atoms with Crippen LogP contribution >= 0.6 is 0 Å². The summed E-state index contributed by atoms with van der Waals surface area (Å²) in [6.07, 6.45) is 1.48. The Bertz CT molecular complexity index is 2160. The van der Waals surface area contributed by atoms with Crippen molar-refractivity contribution in [3.05, 3.63) is 95.1 Å². The summed E-state index contributed by atoms with van der Waals surface area (Å²) in [5, 5.41) is 40.2. The Balaban J connectivity index is 0.000000228. The number of fused-ring (bicyclic) bond motifs is 2. The van der Waals surface area contributed by atoms with Crippen LogP contribution < -0.4 is 0 Å². The van der Waals surface area contributed by atoms with Crippen molar-refractivity contribution in [3.63, 3.8) is 0 Å². The third-order valence-electron chi connectivity index (χ3n) is 10.1. The Morgan fingerprint density at radius 1 is 0.533 bits per heavy atom. The highest BCUT2D eigenvalue weighted by atomic mass is 28.4. The van der Waals surface area contributed by atoms with E-state index >= 15 is 0 Å². The van der Waals surface area contributed by atoms with Gasteiger partial charge in [0.1, 0.15) is 44.9 Å². The smallest absolute Gasteiger partial charge is 0.324 e. The highest BCUT2D eigenvalue weighted by Crippen LogP contribution is 2.34. The highest BCUT2D eigenvalue weighted by molar-refractivity contribution is 6.82. The Kier molecular flexibility index (Phi) is 14.9. The molecule has 0 radical (unpaired) electrons. The number of aromatic hydroxyl groups is 2. The second kappa shape index (κ2) is 18.9. The van der Waals surface area contributed by atoms with Crippen molar-refractivity contribution in [2.45, 2.75) is 105 Å². The molecule has 0 bridgehead atoms. The first kappa shape index (κ1) is 47.0. The fourth-order valence-corrected chi connectivity index (χ4v) is 22.9. The van der Waals surface area contributed by atoms with Crippen molar-refractivity contribution in [2.24, 2.45) is 11.8 Å². The highest BCUT2D eigenvalue weighted by Gasteiger charge is 2.38. The Morgan fingerprint density at radius 2 is 0.833 bits per heavy atom. The predicted molar refractivity (Wildman–Crippen MR) is 252 cm³/mol. The summed E-state index contributed by atoms with van der Waals surface area (Å²) in [6, 6.07) is 25.1. The van der Waals surface area contributed by atoms with Gasteiger partial charge < -0.3 is 27.3 Å². The first-order valence-electron chi connectivity index (χ1n) is 20.8. The van der Waals surface area contributed by atoms with E-state index in [-0.39, 0.29) is 11.5 Å². The van der Waals surface area contributed by atoms with E-state index in [1.165, 1.54) is 9.59 Å². The molecule has 0 spiro atoms. The van der Waals surface area contributed by atoms with Crippen LogP contribution in [0.2, 0.25) is 64.5 Å². The first-order valence-corrected chi connectivity index (χ1v) is 32.7. The summed E-state index contributed by atoms with van der Waals surface area (Å²) in [5.74, 6) is 1.09. The van der Waals surface area contributed by atoms with Gasteiger partial charge in [-0.2, -0.15) is 0 Å². The maximum absolute atomic E-state index is 11.0. The lowest BCUT2D eigenvalue weighted by Gasteiger charge is -2.34. The van der Waals surface area contributed by atoms with E-state index < -0.39 is 33.8 Å². The minimum absolute atomic E-state index is 0.236. The average Bonchev–Trinajstić information content (AvgIpc) is 3.78. The molecule has 4 unspecified atom stereocenters. The van der Waals surface area contributed by atoms with Gasteiger partial charge in [0.15, 0.2) is 16.6 Å². The fraction of sp³-hybridized carbons (Fsp3) is 0.455.